The number of hydrogen-bond donors (Lipinski definition) is 1. The number of carboxylic acids is 1. The van der Waals surface area contributed by atoms with Crippen LogP contribution in [0.5, 0.6) is 0 Å². The minimum absolute atomic E-state index is 0.318. The summed E-state index contributed by atoms with van der Waals surface area (Å²) in [5.41, 5.74) is 1.18. The largest absolute Gasteiger partial charge is 0.478 e. The van der Waals surface area contributed by atoms with Crippen LogP contribution in [0, 0.1) is 0 Å². The van der Waals surface area contributed by atoms with Gasteiger partial charge in [-0.25, -0.2) is 4.79 Å². The average molecular weight is 309 g/mol. The van der Waals surface area contributed by atoms with Gasteiger partial charge in [-0.2, -0.15) is 0 Å². The fourth-order valence-corrected chi connectivity index (χ4v) is 2.58. The van der Waals surface area contributed by atoms with Gasteiger partial charge in [-0.3, -0.25) is 0 Å². The second-order valence-electron chi connectivity index (χ2n) is 3.40. The van der Waals surface area contributed by atoms with Gasteiger partial charge < -0.3 is 5.11 Å². The number of halogens is 1. The van der Waals surface area contributed by atoms with E-state index in [-0.39, 0.29) is 0 Å². The summed E-state index contributed by atoms with van der Waals surface area (Å²) in [5, 5.41) is 11.1. The lowest BCUT2D eigenvalue weighted by Crippen LogP contribution is -1.97. The Hall–Kier alpha value is -1.39. The lowest BCUT2D eigenvalue weighted by molar-refractivity contribution is -0.130. The molecule has 1 N–H and O–H groups in total. The first-order valence-electron chi connectivity index (χ1n) is 4.91. The van der Waals surface area contributed by atoms with Crippen LogP contribution < -0.4 is 0 Å². The molecule has 2 rings (SSSR count). The third-order valence-electron chi connectivity index (χ3n) is 2.18. The number of aliphatic carboxylic acids is 1. The Labute approximate surface area is 111 Å². The zero-order chi connectivity index (χ0) is 12.3. The first-order valence-corrected chi connectivity index (χ1v) is 6.58. The molecule has 0 radical (unpaired) electrons. The number of rotatable bonds is 3. The van der Waals surface area contributed by atoms with Crippen molar-refractivity contribution < 1.29 is 9.90 Å². The topological polar surface area (TPSA) is 37.3 Å². The molecule has 0 aliphatic carbocycles. The molecule has 0 saturated heterocycles. The first-order chi connectivity index (χ1) is 8.16. The Morgan fingerprint density at radius 3 is 2.71 bits per heavy atom. The number of carboxylic acid groups (broad SMARTS) is 1. The number of benzene rings is 1. The first kappa shape index (κ1) is 12.1. The summed E-state index contributed by atoms with van der Waals surface area (Å²) in [7, 11) is 0. The van der Waals surface area contributed by atoms with Crippen LogP contribution in [0.1, 0.15) is 10.4 Å². The second-order valence-corrected chi connectivity index (χ2v) is 5.26. The van der Waals surface area contributed by atoms with Gasteiger partial charge in [0.1, 0.15) is 0 Å². The number of thiophene rings is 1. The van der Waals surface area contributed by atoms with Gasteiger partial charge >= 0.3 is 5.97 Å². The molecule has 0 aliphatic heterocycles. The zero-order valence-corrected chi connectivity index (χ0v) is 11.2. The SMILES string of the molecule is O=C(O)/C(=C\c1cccc(Br)c1)c1cccs1. The molecular formula is C13H9BrO2S. The monoisotopic (exact) mass is 308 g/mol. The molecule has 0 aliphatic rings. The Bertz CT molecular complexity index is 559. The summed E-state index contributed by atoms with van der Waals surface area (Å²) in [4.78, 5) is 12.0. The van der Waals surface area contributed by atoms with E-state index in [1.165, 1.54) is 11.3 Å². The average Bonchev–Trinajstić information content (AvgIpc) is 2.78. The Kier molecular flexibility index (Phi) is 3.76. The lowest BCUT2D eigenvalue weighted by atomic mass is 10.1. The highest BCUT2D eigenvalue weighted by Crippen LogP contribution is 2.24. The molecule has 17 heavy (non-hydrogen) atoms. The molecule has 0 bridgehead atoms. The van der Waals surface area contributed by atoms with E-state index >= 15 is 0 Å². The molecular weight excluding hydrogens is 300 g/mol. The predicted octanol–water partition coefficient (Wildman–Crippen LogP) is 4.14. The summed E-state index contributed by atoms with van der Waals surface area (Å²) in [6.45, 7) is 0. The Morgan fingerprint density at radius 1 is 1.29 bits per heavy atom. The molecule has 0 amide bonds. The molecule has 0 saturated carbocycles. The van der Waals surface area contributed by atoms with Crippen molar-refractivity contribution in [1.82, 2.24) is 0 Å². The van der Waals surface area contributed by atoms with Crippen molar-refractivity contribution in [3.63, 3.8) is 0 Å². The Morgan fingerprint density at radius 2 is 2.12 bits per heavy atom. The fourth-order valence-electron chi connectivity index (χ4n) is 1.43. The van der Waals surface area contributed by atoms with E-state index in [2.05, 4.69) is 15.9 Å². The van der Waals surface area contributed by atoms with Crippen LogP contribution in [-0.4, -0.2) is 11.1 Å². The van der Waals surface area contributed by atoms with E-state index in [9.17, 15) is 9.90 Å². The molecule has 1 heterocycles. The maximum Gasteiger partial charge on any atom is 0.337 e. The summed E-state index contributed by atoms with van der Waals surface area (Å²) in [5.74, 6) is -0.910. The molecule has 0 atom stereocenters. The van der Waals surface area contributed by atoms with Crippen LogP contribution in [0.2, 0.25) is 0 Å². The highest BCUT2D eigenvalue weighted by atomic mass is 79.9. The van der Waals surface area contributed by atoms with Crippen molar-refractivity contribution in [2.45, 2.75) is 0 Å². The minimum atomic E-state index is -0.910. The minimum Gasteiger partial charge on any atom is -0.478 e. The highest BCUT2D eigenvalue weighted by molar-refractivity contribution is 9.10. The van der Waals surface area contributed by atoms with E-state index in [4.69, 9.17) is 0 Å². The van der Waals surface area contributed by atoms with E-state index < -0.39 is 5.97 Å². The standard InChI is InChI=1S/C13H9BrO2S/c14-10-4-1-3-9(7-10)8-11(13(15)16)12-5-2-6-17-12/h1-8H,(H,15,16)/b11-8-. The van der Waals surface area contributed by atoms with Gasteiger partial charge in [-0.05, 0) is 35.2 Å². The smallest absolute Gasteiger partial charge is 0.337 e. The molecule has 0 fully saturated rings. The van der Waals surface area contributed by atoms with E-state index in [0.29, 0.717) is 5.57 Å². The second kappa shape index (κ2) is 5.29. The third-order valence-corrected chi connectivity index (χ3v) is 3.57. The maximum atomic E-state index is 11.2. The summed E-state index contributed by atoms with van der Waals surface area (Å²) in [6, 6.07) is 11.2. The van der Waals surface area contributed by atoms with Crippen molar-refractivity contribution in [3.8, 4) is 0 Å². The van der Waals surface area contributed by atoms with Crippen molar-refractivity contribution in [3.05, 3.63) is 56.7 Å². The Balaban J connectivity index is 2.44. The number of hydrogen-bond acceptors (Lipinski definition) is 2. The van der Waals surface area contributed by atoms with Crippen LogP contribution in [0.4, 0.5) is 0 Å². The van der Waals surface area contributed by atoms with Crippen molar-refractivity contribution in [2.75, 3.05) is 0 Å². The molecule has 1 aromatic heterocycles. The van der Waals surface area contributed by atoms with Crippen LogP contribution in [0.25, 0.3) is 11.6 Å². The van der Waals surface area contributed by atoms with Crippen LogP contribution in [0.15, 0.2) is 46.3 Å². The van der Waals surface area contributed by atoms with E-state index in [0.717, 1.165) is 14.9 Å². The molecule has 4 heteroatoms. The molecule has 2 aromatic rings. The van der Waals surface area contributed by atoms with Gasteiger partial charge in [-0.15, -0.1) is 11.3 Å². The van der Waals surface area contributed by atoms with Gasteiger partial charge in [0.25, 0.3) is 0 Å². The van der Waals surface area contributed by atoms with Crippen LogP contribution in [-0.2, 0) is 4.79 Å². The third kappa shape index (κ3) is 3.05. The molecule has 1 aromatic carbocycles. The molecule has 0 unspecified atom stereocenters. The summed E-state index contributed by atoms with van der Waals surface area (Å²) < 4.78 is 0.933. The van der Waals surface area contributed by atoms with E-state index in [1.807, 2.05) is 41.8 Å². The summed E-state index contributed by atoms with van der Waals surface area (Å²) in [6.07, 6.45) is 1.68. The van der Waals surface area contributed by atoms with Crippen molar-refractivity contribution >= 4 is 44.9 Å². The summed E-state index contributed by atoms with van der Waals surface area (Å²) >= 11 is 4.79. The number of carbonyl (C=O) groups is 1. The molecule has 2 nitrogen and oxygen atoms in total. The van der Waals surface area contributed by atoms with Gasteiger partial charge in [-0.1, -0.05) is 34.1 Å². The van der Waals surface area contributed by atoms with Gasteiger partial charge in [0.05, 0.1) is 5.57 Å². The molecule has 86 valence electrons. The zero-order valence-electron chi connectivity index (χ0n) is 8.76. The lowest BCUT2D eigenvalue weighted by Gasteiger charge is -2.00. The maximum absolute atomic E-state index is 11.2. The normalized spacial score (nSPS) is 11.5. The quantitative estimate of drug-likeness (QED) is 0.865. The van der Waals surface area contributed by atoms with Crippen LogP contribution in [0.3, 0.4) is 0 Å². The van der Waals surface area contributed by atoms with Crippen molar-refractivity contribution in [1.29, 1.82) is 0 Å². The van der Waals surface area contributed by atoms with E-state index in [1.54, 1.807) is 6.08 Å². The fraction of sp³-hybridized carbons (Fsp3) is 0. The molecule has 0 spiro atoms. The van der Waals surface area contributed by atoms with Gasteiger partial charge in [0.2, 0.25) is 0 Å². The predicted molar refractivity (Wildman–Crippen MR) is 74.0 cm³/mol. The van der Waals surface area contributed by atoms with Gasteiger partial charge in [0.15, 0.2) is 0 Å². The van der Waals surface area contributed by atoms with Crippen molar-refractivity contribution in [2.24, 2.45) is 0 Å². The van der Waals surface area contributed by atoms with Gasteiger partial charge in [0, 0.05) is 9.35 Å². The van der Waals surface area contributed by atoms with Crippen LogP contribution >= 0.6 is 27.3 Å². The highest BCUT2D eigenvalue weighted by Gasteiger charge is 2.11.